The summed E-state index contributed by atoms with van der Waals surface area (Å²) in [5, 5.41) is 8.33. The smallest absolute Gasteiger partial charge is 0.293 e. The summed E-state index contributed by atoms with van der Waals surface area (Å²) in [7, 11) is 1.94. The van der Waals surface area contributed by atoms with E-state index < -0.39 is 0 Å². The Bertz CT molecular complexity index is 790. The molecule has 1 unspecified atom stereocenters. The van der Waals surface area contributed by atoms with Gasteiger partial charge in [-0.15, -0.1) is 17.5 Å². The molecule has 26 heavy (non-hydrogen) atoms. The minimum absolute atomic E-state index is 0. The molecule has 2 heterocycles. The first-order valence-electron chi connectivity index (χ1n) is 8.83. The molecule has 1 aliphatic heterocycles. The maximum Gasteiger partial charge on any atom is 0.293 e. The van der Waals surface area contributed by atoms with Crippen LogP contribution in [0.25, 0.3) is 5.69 Å². The van der Waals surface area contributed by atoms with Crippen LogP contribution in [0.3, 0.4) is 0 Å². The van der Waals surface area contributed by atoms with Crippen molar-refractivity contribution < 1.29 is 4.79 Å². The van der Waals surface area contributed by atoms with Crippen LogP contribution in [-0.2, 0) is 0 Å². The van der Waals surface area contributed by atoms with Gasteiger partial charge >= 0.3 is 0 Å². The molecule has 2 aromatic rings. The molecule has 1 aromatic carbocycles. The fourth-order valence-corrected chi connectivity index (χ4v) is 3.65. The Morgan fingerprint density at radius 1 is 1.31 bits per heavy atom. The van der Waals surface area contributed by atoms with E-state index in [4.69, 9.17) is 11.6 Å². The summed E-state index contributed by atoms with van der Waals surface area (Å²) in [4.78, 5) is 19.3. The number of carbonyl (C=O) groups excluding carboxylic acids is 1. The van der Waals surface area contributed by atoms with Crippen molar-refractivity contribution in [2.24, 2.45) is 5.92 Å². The van der Waals surface area contributed by atoms with Gasteiger partial charge in [0.2, 0.25) is 5.82 Å². The lowest BCUT2D eigenvalue weighted by Gasteiger charge is -2.14. The molecular weight excluding hydrogens is 373 g/mol. The fraction of sp³-hybridized carbons (Fsp3) is 0.500. The summed E-state index contributed by atoms with van der Waals surface area (Å²) in [6.07, 6.45) is 3.20. The second kappa shape index (κ2) is 7.94. The van der Waals surface area contributed by atoms with Gasteiger partial charge in [-0.2, -0.15) is 0 Å². The first kappa shape index (κ1) is 19.1. The summed E-state index contributed by atoms with van der Waals surface area (Å²) in [5.41, 5.74) is 0.784. The molecule has 140 valence electrons. The van der Waals surface area contributed by atoms with E-state index in [9.17, 15) is 4.79 Å². The molecule has 0 spiro atoms. The van der Waals surface area contributed by atoms with Crippen molar-refractivity contribution in [2.75, 3.05) is 26.7 Å². The maximum atomic E-state index is 12.9. The molecule has 1 N–H and O–H groups in total. The third kappa shape index (κ3) is 3.72. The number of para-hydroxylation sites is 1. The zero-order valence-electron chi connectivity index (χ0n) is 14.7. The second-order valence-corrected chi connectivity index (χ2v) is 7.30. The van der Waals surface area contributed by atoms with Gasteiger partial charge in [0.15, 0.2) is 0 Å². The molecule has 1 saturated heterocycles. The number of nitrogens with one attached hydrogen (secondary N) is 1. The lowest BCUT2D eigenvalue weighted by molar-refractivity contribution is 0.0775. The van der Waals surface area contributed by atoms with Crippen LogP contribution in [0.15, 0.2) is 24.3 Å². The molecular formula is C18H23Cl2N5O. The quantitative estimate of drug-likeness (QED) is 0.844. The molecule has 2 fully saturated rings. The first-order chi connectivity index (χ1) is 12.2. The zero-order chi connectivity index (χ0) is 17.4. The van der Waals surface area contributed by atoms with Gasteiger partial charge in [0.05, 0.1) is 10.7 Å². The predicted octanol–water partition coefficient (Wildman–Crippen LogP) is 2.90. The normalized spacial score (nSPS) is 19.5. The van der Waals surface area contributed by atoms with Gasteiger partial charge < -0.3 is 10.2 Å². The number of hydrogen-bond acceptors (Lipinski definition) is 4. The first-order valence-corrected chi connectivity index (χ1v) is 9.21. The fourth-order valence-electron chi connectivity index (χ4n) is 3.44. The molecule has 4 rings (SSSR count). The number of benzene rings is 1. The molecule has 1 aliphatic carbocycles. The van der Waals surface area contributed by atoms with Crippen molar-refractivity contribution in [1.82, 2.24) is 25.0 Å². The number of carbonyl (C=O) groups is 1. The zero-order valence-corrected chi connectivity index (χ0v) is 16.3. The molecule has 2 aliphatic rings. The number of aromatic nitrogens is 3. The molecule has 8 heteroatoms. The maximum absolute atomic E-state index is 12.9. The van der Waals surface area contributed by atoms with Gasteiger partial charge in [-0.25, -0.2) is 9.67 Å². The van der Waals surface area contributed by atoms with Gasteiger partial charge in [-0.3, -0.25) is 4.79 Å². The number of halogens is 2. The van der Waals surface area contributed by atoms with Crippen LogP contribution in [-0.4, -0.2) is 52.3 Å². The van der Waals surface area contributed by atoms with Gasteiger partial charge in [-0.1, -0.05) is 23.7 Å². The van der Waals surface area contributed by atoms with Gasteiger partial charge in [-0.05, 0) is 50.9 Å². The van der Waals surface area contributed by atoms with E-state index in [1.165, 1.54) is 0 Å². The van der Waals surface area contributed by atoms with Crippen molar-refractivity contribution in [3.8, 4) is 5.69 Å². The summed E-state index contributed by atoms with van der Waals surface area (Å²) < 4.78 is 1.76. The minimum atomic E-state index is -0.0775. The SMILES string of the molecule is CNCC1CCN(C(=O)c2nc(C3CC3)n(-c3ccccc3Cl)n2)C1.Cl. The number of amides is 1. The van der Waals surface area contributed by atoms with Crippen molar-refractivity contribution in [2.45, 2.75) is 25.2 Å². The highest BCUT2D eigenvalue weighted by Crippen LogP contribution is 2.40. The molecule has 1 saturated carbocycles. The van der Waals surface area contributed by atoms with Gasteiger partial charge in [0.25, 0.3) is 5.91 Å². The summed E-state index contributed by atoms with van der Waals surface area (Å²) in [6, 6.07) is 7.55. The largest absolute Gasteiger partial charge is 0.336 e. The highest BCUT2D eigenvalue weighted by molar-refractivity contribution is 6.32. The van der Waals surface area contributed by atoms with Crippen LogP contribution in [0, 0.1) is 5.92 Å². The summed E-state index contributed by atoms with van der Waals surface area (Å²) in [6.45, 7) is 2.46. The summed E-state index contributed by atoms with van der Waals surface area (Å²) >= 11 is 6.33. The van der Waals surface area contributed by atoms with E-state index in [0.717, 1.165) is 50.4 Å². The van der Waals surface area contributed by atoms with Crippen LogP contribution in [0.2, 0.25) is 5.02 Å². The van der Waals surface area contributed by atoms with Gasteiger partial charge in [0.1, 0.15) is 5.82 Å². The second-order valence-electron chi connectivity index (χ2n) is 6.89. The summed E-state index contributed by atoms with van der Waals surface area (Å²) in [5.74, 6) is 1.93. The average molecular weight is 396 g/mol. The minimum Gasteiger partial charge on any atom is -0.336 e. The Balaban J connectivity index is 0.00000196. The van der Waals surface area contributed by atoms with Crippen LogP contribution in [0.5, 0.6) is 0 Å². The highest BCUT2D eigenvalue weighted by Gasteiger charge is 2.34. The Hall–Kier alpha value is -1.63. The van der Waals surface area contributed by atoms with Crippen LogP contribution < -0.4 is 5.32 Å². The number of nitrogens with zero attached hydrogens (tertiary/aromatic N) is 4. The molecule has 0 bridgehead atoms. The Kier molecular flexibility index (Phi) is 5.85. The van der Waals surface area contributed by atoms with Crippen LogP contribution in [0.1, 0.15) is 41.6 Å². The monoisotopic (exact) mass is 395 g/mol. The highest BCUT2D eigenvalue weighted by atomic mass is 35.5. The lowest BCUT2D eigenvalue weighted by atomic mass is 10.1. The van der Waals surface area contributed by atoms with Crippen LogP contribution >= 0.6 is 24.0 Å². The van der Waals surface area contributed by atoms with Gasteiger partial charge in [0, 0.05) is 19.0 Å². The molecule has 6 nitrogen and oxygen atoms in total. The molecule has 1 aromatic heterocycles. The van der Waals surface area contributed by atoms with Crippen molar-refractivity contribution >= 4 is 29.9 Å². The Labute approximate surface area is 164 Å². The van der Waals surface area contributed by atoms with Crippen molar-refractivity contribution in [3.05, 3.63) is 40.9 Å². The van der Waals surface area contributed by atoms with Crippen LogP contribution in [0.4, 0.5) is 0 Å². The van der Waals surface area contributed by atoms with E-state index in [-0.39, 0.29) is 24.1 Å². The number of rotatable bonds is 5. The third-order valence-corrected chi connectivity index (χ3v) is 5.23. The van der Waals surface area contributed by atoms with E-state index in [1.54, 1.807) is 4.68 Å². The topological polar surface area (TPSA) is 63.1 Å². The Morgan fingerprint density at radius 3 is 2.77 bits per heavy atom. The van der Waals surface area contributed by atoms with E-state index >= 15 is 0 Å². The Morgan fingerprint density at radius 2 is 2.08 bits per heavy atom. The van der Waals surface area contributed by atoms with E-state index in [0.29, 0.717) is 16.9 Å². The van der Waals surface area contributed by atoms with Crippen molar-refractivity contribution in [1.29, 1.82) is 0 Å². The number of hydrogen-bond donors (Lipinski definition) is 1. The third-order valence-electron chi connectivity index (χ3n) is 4.91. The predicted molar refractivity (Wildman–Crippen MR) is 104 cm³/mol. The average Bonchev–Trinajstić information content (AvgIpc) is 3.19. The van der Waals surface area contributed by atoms with E-state index in [1.807, 2.05) is 36.2 Å². The van der Waals surface area contributed by atoms with E-state index in [2.05, 4.69) is 15.4 Å². The van der Waals surface area contributed by atoms with Crippen molar-refractivity contribution in [3.63, 3.8) is 0 Å². The lowest BCUT2D eigenvalue weighted by Crippen LogP contribution is -2.31. The molecule has 1 amide bonds. The number of likely N-dealkylation sites (tertiary alicyclic amines) is 1. The molecule has 1 atom stereocenters. The molecule has 0 radical (unpaired) electrons. The standard InChI is InChI=1S/C18H22ClN5O.ClH/c1-20-10-12-8-9-23(11-12)18(25)16-21-17(13-6-7-13)24(22-16)15-5-3-2-4-14(15)19;/h2-5,12-13,20H,6-11H2,1H3;1H.